The van der Waals surface area contributed by atoms with E-state index >= 15 is 0 Å². The van der Waals surface area contributed by atoms with Crippen molar-refractivity contribution in [2.45, 2.75) is 36.6 Å². The smallest absolute Gasteiger partial charge is 0.255 e. The van der Waals surface area contributed by atoms with Gasteiger partial charge in [0.2, 0.25) is 5.78 Å². The molecule has 0 unspecified atom stereocenters. The van der Waals surface area contributed by atoms with Crippen LogP contribution in [0, 0.1) is 0 Å². The Balaban J connectivity index is 1.74. The number of fused-ring (bicyclic) bond motifs is 3. The first-order valence-electron chi connectivity index (χ1n) is 7.34. The van der Waals surface area contributed by atoms with Gasteiger partial charge in [-0.3, -0.25) is 19.2 Å². The van der Waals surface area contributed by atoms with Crippen molar-refractivity contribution in [2.24, 2.45) is 0 Å². The lowest BCUT2D eigenvalue weighted by Gasteiger charge is -2.16. The summed E-state index contributed by atoms with van der Waals surface area (Å²) >= 11 is 1.62. The van der Waals surface area contributed by atoms with Crippen LogP contribution in [0.15, 0.2) is 34.5 Å². The van der Waals surface area contributed by atoms with Crippen LogP contribution in [0.2, 0.25) is 0 Å². The van der Waals surface area contributed by atoms with Gasteiger partial charge in [0.15, 0.2) is 5.16 Å². The lowest BCUT2D eigenvalue weighted by Crippen LogP contribution is -2.22. The Hall–Kier alpha value is -2.15. The van der Waals surface area contributed by atoms with E-state index < -0.39 is 0 Å². The largest absolute Gasteiger partial charge is 0.290 e. The van der Waals surface area contributed by atoms with Gasteiger partial charge in [0.05, 0.1) is 0 Å². The van der Waals surface area contributed by atoms with E-state index in [2.05, 4.69) is 20.2 Å². The van der Waals surface area contributed by atoms with Crippen molar-refractivity contribution in [3.8, 4) is 0 Å². The molecule has 0 saturated carbocycles. The molecular formula is C15H15N5OS. The molecule has 3 heterocycles. The number of nitrogens with zero attached hydrogens (tertiary/aromatic N) is 4. The molecule has 0 bridgehead atoms. The SMILES string of the molecule is O=c1[nH]c2nnc(SCc3cccnc3)n2c2c1CCCC2. The maximum atomic E-state index is 12.1. The Labute approximate surface area is 131 Å². The molecular weight excluding hydrogens is 298 g/mol. The van der Waals surface area contributed by atoms with Crippen molar-refractivity contribution in [1.82, 2.24) is 24.6 Å². The highest BCUT2D eigenvalue weighted by molar-refractivity contribution is 7.98. The second-order valence-electron chi connectivity index (χ2n) is 5.38. The van der Waals surface area contributed by atoms with E-state index in [1.54, 1.807) is 18.0 Å². The highest BCUT2D eigenvalue weighted by Gasteiger charge is 2.20. The van der Waals surface area contributed by atoms with E-state index in [0.717, 1.165) is 53.4 Å². The number of nitrogens with one attached hydrogen (secondary N) is 1. The Morgan fingerprint density at radius 2 is 2.18 bits per heavy atom. The molecule has 0 saturated heterocycles. The molecule has 1 aliphatic rings. The predicted octanol–water partition coefficient (Wildman–Crippen LogP) is 1.98. The first-order valence-corrected chi connectivity index (χ1v) is 8.32. The molecule has 4 rings (SSSR count). The fraction of sp³-hybridized carbons (Fsp3) is 0.333. The van der Waals surface area contributed by atoms with Crippen LogP contribution in [0.3, 0.4) is 0 Å². The molecule has 3 aromatic heterocycles. The lowest BCUT2D eigenvalue weighted by atomic mass is 9.97. The van der Waals surface area contributed by atoms with Crippen LogP contribution in [-0.4, -0.2) is 24.6 Å². The second-order valence-corrected chi connectivity index (χ2v) is 6.32. The number of hydrogen-bond acceptors (Lipinski definition) is 5. The van der Waals surface area contributed by atoms with Crippen molar-refractivity contribution in [2.75, 3.05) is 0 Å². The number of aromatic amines is 1. The first-order chi connectivity index (χ1) is 10.8. The molecule has 1 aliphatic carbocycles. The second kappa shape index (κ2) is 5.57. The number of hydrogen-bond donors (Lipinski definition) is 1. The van der Waals surface area contributed by atoms with E-state index in [1.165, 1.54) is 0 Å². The Morgan fingerprint density at radius 3 is 3.05 bits per heavy atom. The number of thioether (sulfide) groups is 1. The molecule has 1 N–H and O–H groups in total. The van der Waals surface area contributed by atoms with Gasteiger partial charge in [-0.2, -0.15) is 0 Å². The minimum atomic E-state index is -0.0154. The maximum Gasteiger partial charge on any atom is 0.255 e. The number of aryl methyl sites for hydroxylation is 1. The molecule has 0 atom stereocenters. The fourth-order valence-corrected chi connectivity index (χ4v) is 3.77. The van der Waals surface area contributed by atoms with Crippen LogP contribution < -0.4 is 5.56 Å². The topological polar surface area (TPSA) is 75.9 Å². The van der Waals surface area contributed by atoms with Crippen molar-refractivity contribution < 1.29 is 0 Å². The van der Waals surface area contributed by atoms with Gasteiger partial charge >= 0.3 is 0 Å². The van der Waals surface area contributed by atoms with Crippen LogP contribution in [0.4, 0.5) is 0 Å². The summed E-state index contributed by atoms with van der Waals surface area (Å²) in [5.74, 6) is 1.32. The number of H-pyrrole nitrogens is 1. The number of rotatable bonds is 3. The van der Waals surface area contributed by atoms with Crippen LogP contribution in [0.5, 0.6) is 0 Å². The van der Waals surface area contributed by atoms with Crippen LogP contribution in [0.1, 0.15) is 29.7 Å². The molecule has 0 aliphatic heterocycles. The van der Waals surface area contributed by atoms with Crippen molar-refractivity contribution >= 4 is 17.5 Å². The first kappa shape index (κ1) is 13.5. The van der Waals surface area contributed by atoms with Crippen LogP contribution in [-0.2, 0) is 18.6 Å². The van der Waals surface area contributed by atoms with Gasteiger partial charge in [-0.25, -0.2) is 0 Å². The maximum absolute atomic E-state index is 12.1. The van der Waals surface area contributed by atoms with E-state index in [4.69, 9.17) is 0 Å². The van der Waals surface area contributed by atoms with Gasteiger partial charge in [-0.05, 0) is 37.3 Å². The van der Waals surface area contributed by atoms with E-state index in [0.29, 0.717) is 5.78 Å². The third kappa shape index (κ3) is 2.31. The summed E-state index contributed by atoms with van der Waals surface area (Å²) in [4.78, 5) is 19.1. The molecule has 0 spiro atoms. The number of pyridine rings is 1. The van der Waals surface area contributed by atoms with Gasteiger partial charge in [0, 0.05) is 29.4 Å². The summed E-state index contributed by atoms with van der Waals surface area (Å²) in [6, 6.07) is 3.97. The molecule has 112 valence electrons. The minimum Gasteiger partial charge on any atom is -0.290 e. The highest BCUT2D eigenvalue weighted by Crippen LogP contribution is 2.25. The highest BCUT2D eigenvalue weighted by atomic mass is 32.2. The molecule has 3 aromatic rings. The third-order valence-electron chi connectivity index (χ3n) is 3.93. The molecule has 7 heteroatoms. The summed E-state index contributed by atoms with van der Waals surface area (Å²) in [5.41, 5.74) is 3.09. The zero-order valence-corrected chi connectivity index (χ0v) is 12.8. The van der Waals surface area contributed by atoms with Gasteiger partial charge in [-0.15, -0.1) is 10.2 Å². The molecule has 0 amide bonds. The average molecular weight is 313 g/mol. The standard InChI is InChI=1S/C15H15N5OS/c21-13-11-5-1-2-6-12(11)20-14(17-13)18-19-15(20)22-9-10-4-3-7-16-8-10/h3-4,7-8H,1-2,5-6,9H2,(H,17,18,21). The molecule has 22 heavy (non-hydrogen) atoms. The van der Waals surface area contributed by atoms with Gasteiger partial charge in [-0.1, -0.05) is 17.8 Å². The quantitative estimate of drug-likeness (QED) is 0.748. The summed E-state index contributed by atoms with van der Waals surface area (Å²) in [6.07, 6.45) is 7.55. The number of aromatic nitrogens is 5. The van der Waals surface area contributed by atoms with Crippen LogP contribution in [0.25, 0.3) is 5.78 Å². The third-order valence-corrected chi connectivity index (χ3v) is 4.93. The summed E-state index contributed by atoms with van der Waals surface area (Å²) in [7, 11) is 0. The summed E-state index contributed by atoms with van der Waals surface area (Å²) in [5, 5.41) is 9.19. The normalized spacial score (nSPS) is 14.2. The van der Waals surface area contributed by atoms with E-state index in [9.17, 15) is 4.79 Å². The van der Waals surface area contributed by atoms with Crippen molar-refractivity contribution in [3.63, 3.8) is 0 Å². The van der Waals surface area contributed by atoms with Crippen LogP contribution >= 0.6 is 11.8 Å². The van der Waals surface area contributed by atoms with Crippen molar-refractivity contribution in [3.05, 3.63) is 51.7 Å². The van der Waals surface area contributed by atoms with Gasteiger partial charge in [0.25, 0.3) is 5.56 Å². The van der Waals surface area contributed by atoms with Gasteiger partial charge < -0.3 is 0 Å². The molecule has 0 aromatic carbocycles. The van der Waals surface area contributed by atoms with Crippen molar-refractivity contribution in [1.29, 1.82) is 0 Å². The molecule has 0 fully saturated rings. The Bertz CT molecular complexity index is 871. The van der Waals surface area contributed by atoms with Gasteiger partial charge in [0.1, 0.15) is 0 Å². The Kier molecular flexibility index (Phi) is 3.42. The molecule has 0 radical (unpaired) electrons. The summed E-state index contributed by atoms with van der Waals surface area (Å²) < 4.78 is 2.01. The Morgan fingerprint density at radius 1 is 1.27 bits per heavy atom. The lowest BCUT2D eigenvalue weighted by molar-refractivity contribution is 0.639. The zero-order valence-electron chi connectivity index (χ0n) is 12.0. The van der Waals surface area contributed by atoms with E-state index in [1.807, 2.05) is 22.7 Å². The fourth-order valence-electron chi connectivity index (χ4n) is 2.88. The van der Waals surface area contributed by atoms with E-state index in [-0.39, 0.29) is 5.56 Å². The summed E-state index contributed by atoms with van der Waals surface area (Å²) in [6.45, 7) is 0. The average Bonchev–Trinajstić information content (AvgIpc) is 2.97. The minimum absolute atomic E-state index is 0.0154. The predicted molar refractivity (Wildman–Crippen MR) is 84.0 cm³/mol. The monoisotopic (exact) mass is 313 g/mol. The zero-order chi connectivity index (χ0) is 14.9. The molecule has 6 nitrogen and oxygen atoms in total.